The van der Waals surface area contributed by atoms with Gasteiger partial charge in [-0.2, -0.15) is 0 Å². The maximum atomic E-state index is 13.1. The largest absolute Gasteiger partial charge is 0.449 e. The summed E-state index contributed by atoms with van der Waals surface area (Å²) < 4.78 is 5.54. The van der Waals surface area contributed by atoms with Gasteiger partial charge in [0.15, 0.2) is 6.10 Å². The van der Waals surface area contributed by atoms with Crippen molar-refractivity contribution in [1.29, 1.82) is 0 Å². The number of hydrogen-bond donors (Lipinski definition) is 1. The van der Waals surface area contributed by atoms with Crippen LogP contribution in [0.1, 0.15) is 34.9 Å². The highest BCUT2D eigenvalue weighted by atomic mass is 35.5. The van der Waals surface area contributed by atoms with Crippen molar-refractivity contribution in [2.45, 2.75) is 18.9 Å². The first kappa shape index (κ1) is 23.1. The molecule has 0 saturated carbocycles. The van der Waals surface area contributed by atoms with Gasteiger partial charge >= 0.3 is 5.97 Å². The quantitative estimate of drug-likeness (QED) is 0.260. The van der Waals surface area contributed by atoms with Crippen LogP contribution in [0.2, 0.25) is 5.02 Å². The fourth-order valence-corrected chi connectivity index (χ4v) is 3.61. The number of rotatable bonds is 8. The van der Waals surface area contributed by atoms with Gasteiger partial charge < -0.3 is 10.1 Å². The van der Waals surface area contributed by atoms with E-state index in [1.165, 1.54) is 0 Å². The average Bonchev–Trinajstić information content (AvgIpc) is 2.87. The minimum absolute atomic E-state index is 0.102. The zero-order valence-corrected chi connectivity index (χ0v) is 18.9. The number of Topliss-reactive ketones (excluding diaryl/α,β-unsaturated/α-hetero) is 1. The molecule has 1 heterocycles. The van der Waals surface area contributed by atoms with Crippen molar-refractivity contribution in [3.63, 3.8) is 0 Å². The van der Waals surface area contributed by atoms with Crippen LogP contribution in [0.15, 0.2) is 91.1 Å². The molecule has 0 fully saturated rings. The number of carbonyl (C=O) groups is 3. The van der Waals surface area contributed by atoms with E-state index in [1.54, 1.807) is 66.9 Å². The Morgan fingerprint density at radius 3 is 2.35 bits per heavy atom. The van der Waals surface area contributed by atoms with E-state index >= 15 is 0 Å². The first-order valence-corrected chi connectivity index (χ1v) is 11.1. The summed E-state index contributed by atoms with van der Waals surface area (Å²) in [6, 6.07) is 24.3. The lowest BCUT2D eigenvalue weighted by atomic mass is 10.00. The third kappa shape index (κ3) is 5.66. The highest BCUT2D eigenvalue weighted by molar-refractivity contribution is 6.30. The number of aromatic nitrogens is 1. The van der Waals surface area contributed by atoms with E-state index in [9.17, 15) is 14.4 Å². The number of nitrogens with zero attached hydrogens (tertiary/aromatic N) is 1. The second-order valence-electron chi connectivity index (χ2n) is 7.58. The van der Waals surface area contributed by atoms with Crippen molar-refractivity contribution in [1.82, 2.24) is 4.98 Å². The number of halogens is 1. The Bertz CT molecular complexity index is 1320. The standard InChI is InChI=1S/C27H21ClN2O4/c28-21-13-11-20(12-14-21)27(26(33)19-6-2-1-3-7-19)34-24(32)16-15-23(31)30-22-10-4-8-18-9-5-17-29-25(18)22/h1-14,17,27H,15-16H2,(H,30,31)/t27-/m0/s1. The number of hydrogen-bond acceptors (Lipinski definition) is 5. The van der Waals surface area contributed by atoms with E-state index in [1.807, 2.05) is 24.3 Å². The summed E-state index contributed by atoms with van der Waals surface area (Å²) in [4.78, 5) is 42.5. The number of esters is 1. The number of nitrogens with one attached hydrogen (secondary N) is 1. The monoisotopic (exact) mass is 472 g/mol. The Labute approximate surface area is 201 Å². The van der Waals surface area contributed by atoms with Gasteiger partial charge in [0.25, 0.3) is 0 Å². The molecule has 1 N–H and O–H groups in total. The molecule has 0 bridgehead atoms. The van der Waals surface area contributed by atoms with Gasteiger partial charge in [0.1, 0.15) is 0 Å². The van der Waals surface area contributed by atoms with Crippen LogP contribution in [0, 0.1) is 0 Å². The SMILES string of the molecule is O=C(CCC(=O)O[C@H](C(=O)c1ccccc1)c1ccc(Cl)cc1)Nc1cccc2cccnc12. The van der Waals surface area contributed by atoms with Crippen LogP contribution in [0.25, 0.3) is 10.9 Å². The fraction of sp³-hybridized carbons (Fsp3) is 0.111. The second kappa shape index (κ2) is 10.7. The van der Waals surface area contributed by atoms with E-state index in [-0.39, 0.29) is 24.5 Å². The highest BCUT2D eigenvalue weighted by Crippen LogP contribution is 2.25. The van der Waals surface area contributed by atoms with Gasteiger partial charge in [0.2, 0.25) is 11.7 Å². The molecule has 0 aliphatic carbocycles. The molecule has 4 aromatic rings. The molecule has 0 aliphatic rings. The van der Waals surface area contributed by atoms with Gasteiger partial charge in [-0.05, 0) is 24.3 Å². The minimum atomic E-state index is -1.14. The number of ether oxygens (including phenoxy) is 1. The lowest BCUT2D eigenvalue weighted by Crippen LogP contribution is -2.21. The molecule has 6 nitrogen and oxygen atoms in total. The van der Waals surface area contributed by atoms with E-state index in [2.05, 4.69) is 10.3 Å². The van der Waals surface area contributed by atoms with Crippen molar-refractivity contribution in [2.75, 3.05) is 5.32 Å². The molecule has 4 rings (SSSR count). The molecule has 0 unspecified atom stereocenters. The number of benzene rings is 3. The summed E-state index contributed by atoms with van der Waals surface area (Å²) in [5, 5.41) is 4.18. The molecule has 0 radical (unpaired) electrons. The third-order valence-corrected chi connectivity index (χ3v) is 5.43. The van der Waals surface area contributed by atoms with Gasteiger partial charge in [-0.25, -0.2) is 0 Å². The number of anilines is 1. The van der Waals surface area contributed by atoms with E-state index in [4.69, 9.17) is 16.3 Å². The summed E-state index contributed by atoms with van der Waals surface area (Å²) in [5.41, 5.74) is 2.14. The number of ketones is 1. The average molecular weight is 473 g/mol. The molecule has 0 aliphatic heterocycles. The summed E-state index contributed by atoms with van der Waals surface area (Å²) in [6.45, 7) is 0. The first-order chi connectivity index (χ1) is 16.5. The van der Waals surface area contributed by atoms with Gasteiger partial charge in [0, 0.05) is 34.2 Å². The summed E-state index contributed by atoms with van der Waals surface area (Å²) >= 11 is 5.96. The normalized spacial score (nSPS) is 11.6. The van der Waals surface area contributed by atoms with Crippen LogP contribution < -0.4 is 5.32 Å². The zero-order valence-electron chi connectivity index (χ0n) is 18.1. The number of pyridine rings is 1. The predicted octanol–water partition coefficient (Wildman–Crippen LogP) is 5.77. The number of amides is 1. The summed E-state index contributed by atoms with van der Waals surface area (Å²) in [6.07, 6.45) is 0.221. The van der Waals surface area contributed by atoms with Crippen molar-refractivity contribution >= 4 is 45.9 Å². The Balaban J connectivity index is 1.42. The summed E-state index contributed by atoms with van der Waals surface area (Å²) in [7, 11) is 0. The number of carbonyl (C=O) groups excluding carboxylic acids is 3. The van der Waals surface area contributed by atoms with Crippen LogP contribution in [0.4, 0.5) is 5.69 Å². The van der Waals surface area contributed by atoms with E-state index in [0.29, 0.717) is 27.4 Å². The molecule has 1 aromatic heterocycles. The smallest absolute Gasteiger partial charge is 0.307 e. The topological polar surface area (TPSA) is 85.4 Å². The van der Waals surface area contributed by atoms with Crippen molar-refractivity contribution in [3.8, 4) is 0 Å². The molecule has 1 atom stereocenters. The lowest BCUT2D eigenvalue weighted by Gasteiger charge is -2.17. The van der Waals surface area contributed by atoms with Gasteiger partial charge in [-0.15, -0.1) is 0 Å². The second-order valence-corrected chi connectivity index (χ2v) is 8.02. The Morgan fingerprint density at radius 1 is 0.853 bits per heavy atom. The molecule has 1 amide bonds. The van der Waals surface area contributed by atoms with Crippen LogP contribution in [-0.2, 0) is 14.3 Å². The lowest BCUT2D eigenvalue weighted by molar-refractivity contribution is -0.148. The van der Waals surface area contributed by atoms with Crippen LogP contribution >= 0.6 is 11.6 Å². The van der Waals surface area contributed by atoms with Gasteiger partial charge in [0.05, 0.1) is 17.6 Å². The number of fused-ring (bicyclic) bond motifs is 1. The molecule has 0 saturated heterocycles. The molecule has 7 heteroatoms. The number of para-hydroxylation sites is 1. The molecular weight excluding hydrogens is 452 g/mol. The molecule has 0 spiro atoms. The van der Waals surface area contributed by atoms with E-state index < -0.39 is 12.1 Å². The van der Waals surface area contributed by atoms with Crippen LogP contribution in [0.5, 0.6) is 0 Å². The Hall–Kier alpha value is -4.03. The third-order valence-electron chi connectivity index (χ3n) is 5.18. The fourth-order valence-electron chi connectivity index (χ4n) is 3.49. The van der Waals surface area contributed by atoms with E-state index in [0.717, 1.165) is 5.39 Å². The zero-order chi connectivity index (χ0) is 23.9. The van der Waals surface area contributed by atoms with Crippen molar-refractivity contribution in [2.24, 2.45) is 0 Å². The van der Waals surface area contributed by atoms with Gasteiger partial charge in [-0.1, -0.05) is 72.3 Å². The van der Waals surface area contributed by atoms with Crippen LogP contribution in [0.3, 0.4) is 0 Å². The van der Waals surface area contributed by atoms with Crippen molar-refractivity contribution in [3.05, 3.63) is 107 Å². The maximum Gasteiger partial charge on any atom is 0.307 e. The first-order valence-electron chi connectivity index (χ1n) is 10.7. The van der Waals surface area contributed by atoms with Gasteiger partial charge in [-0.3, -0.25) is 19.4 Å². The van der Waals surface area contributed by atoms with Crippen molar-refractivity contribution < 1.29 is 19.1 Å². The molecule has 3 aromatic carbocycles. The van der Waals surface area contributed by atoms with Crippen LogP contribution in [-0.4, -0.2) is 22.6 Å². The molecule has 170 valence electrons. The summed E-state index contributed by atoms with van der Waals surface area (Å²) in [5.74, 6) is -1.37. The maximum absolute atomic E-state index is 13.1. The minimum Gasteiger partial charge on any atom is -0.449 e. The predicted molar refractivity (Wildman–Crippen MR) is 131 cm³/mol. The Morgan fingerprint density at radius 2 is 1.59 bits per heavy atom. The molecular formula is C27H21ClN2O4. The molecule has 34 heavy (non-hydrogen) atoms. The Kier molecular flexibility index (Phi) is 7.30. The highest BCUT2D eigenvalue weighted by Gasteiger charge is 2.26.